The summed E-state index contributed by atoms with van der Waals surface area (Å²) in [5.41, 5.74) is 0.223. The van der Waals surface area contributed by atoms with Crippen LogP contribution in [0.15, 0.2) is 6.20 Å². The van der Waals surface area contributed by atoms with Crippen molar-refractivity contribution in [3.05, 3.63) is 16.1 Å². The molecule has 0 bridgehead atoms. The van der Waals surface area contributed by atoms with Gasteiger partial charge in [0.05, 0.1) is 11.6 Å². The third-order valence-electron chi connectivity index (χ3n) is 2.36. The van der Waals surface area contributed by atoms with Gasteiger partial charge in [-0.25, -0.2) is 10.9 Å². The Bertz CT molecular complexity index is 280. The van der Waals surface area contributed by atoms with Gasteiger partial charge < -0.3 is 4.84 Å². The van der Waals surface area contributed by atoms with Crippen LogP contribution in [0.5, 0.6) is 0 Å². The molecule has 1 saturated carbocycles. The first-order valence-corrected chi connectivity index (χ1v) is 4.83. The van der Waals surface area contributed by atoms with Crippen LogP contribution in [0.4, 0.5) is 0 Å². The van der Waals surface area contributed by atoms with Gasteiger partial charge in [0.25, 0.3) is 0 Å². The van der Waals surface area contributed by atoms with Crippen molar-refractivity contribution in [2.24, 2.45) is 5.90 Å². The minimum Gasteiger partial charge on any atom is -0.304 e. The van der Waals surface area contributed by atoms with Crippen molar-refractivity contribution >= 4 is 11.3 Å². The highest BCUT2D eigenvalue weighted by atomic mass is 32.1. The molecule has 12 heavy (non-hydrogen) atoms. The monoisotopic (exact) mass is 184 g/mol. The quantitative estimate of drug-likeness (QED) is 0.722. The highest BCUT2D eigenvalue weighted by molar-refractivity contribution is 7.11. The molecule has 0 atom stereocenters. The maximum atomic E-state index is 5.08. The molecular formula is C8H12N2OS. The maximum Gasteiger partial charge on any atom is 0.0896 e. The summed E-state index contributed by atoms with van der Waals surface area (Å²) in [7, 11) is 0. The zero-order valence-corrected chi connectivity index (χ0v) is 7.86. The van der Waals surface area contributed by atoms with E-state index in [1.165, 1.54) is 17.7 Å². The molecule has 0 radical (unpaired) electrons. The molecule has 0 amide bonds. The van der Waals surface area contributed by atoms with Crippen molar-refractivity contribution in [1.82, 2.24) is 4.98 Å². The van der Waals surface area contributed by atoms with E-state index in [1.54, 1.807) is 11.3 Å². The Morgan fingerprint density at radius 1 is 1.75 bits per heavy atom. The molecule has 1 heterocycles. The lowest BCUT2D eigenvalue weighted by Gasteiger charge is -2.09. The van der Waals surface area contributed by atoms with E-state index in [2.05, 4.69) is 4.98 Å². The number of nitrogens with zero attached hydrogens (tertiary/aromatic N) is 1. The highest BCUT2D eigenvalue weighted by Gasteiger charge is 2.46. The topological polar surface area (TPSA) is 48.1 Å². The normalized spacial score (nSPS) is 19.5. The summed E-state index contributed by atoms with van der Waals surface area (Å²) >= 11 is 1.75. The van der Waals surface area contributed by atoms with Crippen molar-refractivity contribution in [3.8, 4) is 0 Å². The molecule has 0 aliphatic heterocycles. The lowest BCUT2D eigenvalue weighted by atomic mass is 10.1. The SMILES string of the molecule is Cc1ncc(C2(CON)CC2)s1. The molecular weight excluding hydrogens is 172 g/mol. The van der Waals surface area contributed by atoms with Gasteiger partial charge in [0, 0.05) is 16.5 Å². The van der Waals surface area contributed by atoms with E-state index in [1.807, 2.05) is 13.1 Å². The van der Waals surface area contributed by atoms with Gasteiger partial charge in [0.15, 0.2) is 0 Å². The van der Waals surface area contributed by atoms with Crippen molar-refractivity contribution in [3.63, 3.8) is 0 Å². The number of aryl methyl sites for hydroxylation is 1. The van der Waals surface area contributed by atoms with Gasteiger partial charge in [0.1, 0.15) is 0 Å². The minimum atomic E-state index is 0.223. The lowest BCUT2D eigenvalue weighted by Crippen LogP contribution is -2.16. The van der Waals surface area contributed by atoms with Crippen LogP contribution in [-0.2, 0) is 10.3 Å². The van der Waals surface area contributed by atoms with Gasteiger partial charge in [-0.3, -0.25) is 0 Å². The van der Waals surface area contributed by atoms with Gasteiger partial charge in [-0.2, -0.15) is 0 Å². The number of aromatic nitrogens is 1. The standard InChI is InChI=1S/C8H12N2OS/c1-6-10-4-7(12-6)8(2-3-8)5-11-9/h4H,2-3,5,9H2,1H3. The van der Waals surface area contributed by atoms with Crippen LogP contribution in [0, 0.1) is 6.92 Å². The fourth-order valence-corrected chi connectivity index (χ4v) is 2.39. The Morgan fingerprint density at radius 3 is 2.92 bits per heavy atom. The summed E-state index contributed by atoms with van der Waals surface area (Å²) in [6, 6.07) is 0. The van der Waals surface area contributed by atoms with E-state index in [4.69, 9.17) is 10.7 Å². The van der Waals surface area contributed by atoms with E-state index in [0.29, 0.717) is 6.61 Å². The zero-order chi connectivity index (χ0) is 8.60. The van der Waals surface area contributed by atoms with Gasteiger partial charge in [-0.1, -0.05) is 0 Å². The van der Waals surface area contributed by atoms with E-state index in [9.17, 15) is 0 Å². The highest BCUT2D eigenvalue weighted by Crippen LogP contribution is 2.49. The molecule has 1 aliphatic carbocycles. The van der Waals surface area contributed by atoms with E-state index in [0.717, 1.165) is 5.01 Å². The smallest absolute Gasteiger partial charge is 0.0896 e. The van der Waals surface area contributed by atoms with Crippen molar-refractivity contribution in [1.29, 1.82) is 0 Å². The van der Waals surface area contributed by atoms with Crippen LogP contribution in [0.2, 0.25) is 0 Å². The van der Waals surface area contributed by atoms with Crippen molar-refractivity contribution in [2.75, 3.05) is 6.61 Å². The Hall–Kier alpha value is -0.450. The predicted octanol–water partition coefficient (Wildman–Crippen LogP) is 1.37. The Morgan fingerprint density at radius 2 is 2.50 bits per heavy atom. The van der Waals surface area contributed by atoms with Crippen LogP contribution in [0.1, 0.15) is 22.7 Å². The minimum absolute atomic E-state index is 0.223. The first-order valence-electron chi connectivity index (χ1n) is 4.01. The molecule has 0 saturated heterocycles. The van der Waals surface area contributed by atoms with E-state index in [-0.39, 0.29) is 5.41 Å². The average Bonchev–Trinajstić information content (AvgIpc) is 2.69. The number of rotatable bonds is 3. The number of nitrogens with two attached hydrogens (primary N) is 1. The fraction of sp³-hybridized carbons (Fsp3) is 0.625. The summed E-state index contributed by atoms with van der Waals surface area (Å²) in [5.74, 6) is 5.08. The third kappa shape index (κ3) is 1.26. The van der Waals surface area contributed by atoms with Gasteiger partial charge in [-0.05, 0) is 19.8 Å². The van der Waals surface area contributed by atoms with Gasteiger partial charge >= 0.3 is 0 Å². The lowest BCUT2D eigenvalue weighted by molar-refractivity contribution is 0.117. The summed E-state index contributed by atoms with van der Waals surface area (Å²) in [5, 5.41) is 1.12. The maximum absolute atomic E-state index is 5.08. The van der Waals surface area contributed by atoms with Crippen LogP contribution in [0.3, 0.4) is 0 Å². The summed E-state index contributed by atoms with van der Waals surface area (Å²) in [6.45, 7) is 2.65. The molecule has 1 aromatic heterocycles. The molecule has 3 nitrogen and oxygen atoms in total. The Balaban J connectivity index is 2.18. The van der Waals surface area contributed by atoms with Crippen LogP contribution >= 0.6 is 11.3 Å². The van der Waals surface area contributed by atoms with Crippen molar-refractivity contribution < 1.29 is 4.84 Å². The van der Waals surface area contributed by atoms with Crippen LogP contribution in [-0.4, -0.2) is 11.6 Å². The van der Waals surface area contributed by atoms with Gasteiger partial charge in [0.2, 0.25) is 0 Å². The van der Waals surface area contributed by atoms with E-state index >= 15 is 0 Å². The second-order valence-electron chi connectivity index (χ2n) is 3.33. The molecule has 1 aliphatic rings. The first kappa shape index (κ1) is 8.16. The summed E-state index contributed by atoms with van der Waals surface area (Å²) in [4.78, 5) is 10.3. The van der Waals surface area contributed by atoms with E-state index < -0.39 is 0 Å². The Kier molecular flexibility index (Phi) is 1.90. The molecule has 2 N–H and O–H groups in total. The summed E-state index contributed by atoms with van der Waals surface area (Å²) < 4.78 is 0. The zero-order valence-electron chi connectivity index (χ0n) is 7.04. The second kappa shape index (κ2) is 2.80. The molecule has 1 aromatic rings. The number of hydrogen-bond acceptors (Lipinski definition) is 4. The first-order chi connectivity index (χ1) is 5.77. The largest absolute Gasteiger partial charge is 0.304 e. The molecule has 4 heteroatoms. The second-order valence-corrected chi connectivity index (χ2v) is 4.57. The fourth-order valence-electron chi connectivity index (χ4n) is 1.38. The molecule has 0 spiro atoms. The Labute approximate surface area is 75.5 Å². The number of hydrogen-bond donors (Lipinski definition) is 1. The predicted molar refractivity (Wildman–Crippen MR) is 47.9 cm³/mol. The van der Waals surface area contributed by atoms with Crippen LogP contribution < -0.4 is 5.90 Å². The average molecular weight is 184 g/mol. The molecule has 66 valence electrons. The van der Waals surface area contributed by atoms with Crippen molar-refractivity contribution in [2.45, 2.75) is 25.2 Å². The van der Waals surface area contributed by atoms with Gasteiger partial charge in [-0.15, -0.1) is 11.3 Å². The molecule has 1 fully saturated rings. The third-order valence-corrected chi connectivity index (χ3v) is 3.52. The molecule has 2 rings (SSSR count). The molecule has 0 unspecified atom stereocenters. The summed E-state index contributed by atoms with van der Waals surface area (Å²) in [6.07, 6.45) is 4.32. The van der Waals surface area contributed by atoms with Crippen LogP contribution in [0.25, 0.3) is 0 Å². The number of thiazole rings is 1. The molecule has 0 aromatic carbocycles.